The van der Waals surface area contributed by atoms with E-state index in [2.05, 4.69) is 28.1 Å². The highest BCUT2D eigenvalue weighted by Gasteiger charge is 2.31. The summed E-state index contributed by atoms with van der Waals surface area (Å²) in [6.07, 6.45) is 1.58. The van der Waals surface area contributed by atoms with Gasteiger partial charge in [-0.25, -0.2) is 4.79 Å². The SMILES string of the molecule is COCCOC(c1ccc(Br)cc1)C1CCN(C(=O)OC(C)(C)C)CC1. The molecule has 1 amide bonds. The molecule has 2 rings (SSSR count). The predicted molar refractivity (Wildman–Crippen MR) is 105 cm³/mol. The Morgan fingerprint density at radius 2 is 1.81 bits per heavy atom. The van der Waals surface area contributed by atoms with Crippen molar-refractivity contribution in [3.8, 4) is 0 Å². The van der Waals surface area contributed by atoms with E-state index in [4.69, 9.17) is 14.2 Å². The van der Waals surface area contributed by atoms with Gasteiger partial charge in [0, 0.05) is 24.7 Å². The van der Waals surface area contributed by atoms with Gasteiger partial charge in [-0.05, 0) is 57.2 Å². The van der Waals surface area contributed by atoms with Gasteiger partial charge >= 0.3 is 6.09 Å². The van der Waals surface area contributed by atoms with Crippen LogP contribution in [0.4, 0.5) is 4.79 Å². The maximum Gasteiger partial charge on any atom is 0.410 e. The van der Waals surface area contributed by atoms with E-state index < -0.39 is 5.60 Å². The summed E-state index contributed by atoms with van der Waals surface area (Å²) >= 11 is 3.48. The summed E-state index contributed by atoms with van der Waals surface area (Å²) in [6.45, 7) is 8.20. The lowest BCUT2D eigenvalue weighted by atomic mass is 9.87. The molecule has 1 aliphatic heterocycles. The molecule has 1 atom stereocenters. The van der Waals surface area contributed by atoms with Crippen LogP contribution in [0.2, 0.25) is 0 Å². The van der Waals surface area contributed by atoms with Crippen molar-refractivity contribution >= 4 is 22.0 Å². The van der Waals surface area contributed by atoms with Crippen LogP contribution >= 0.6 is 15.9 Å². The lowest BCUT2D eigenvalue weighted by molar-refractivity contribution is -0.0346. The van der Waals surface area contributed by atoms with Gasteiger partial charge < -0.3 is 19.1 Å². The van der Waals surface area contributed by atoms with Crippen molar-refractivity contribution in [2.24, 2.45) is 5.92 Å². The third-order valence-electron chi connectivity index (χ3n) is 4.40. The van der Waals surface area contributed by atoms with Crippen molar-refractivity contribution in [3.63, 3.8) is 0 Å². The number of halogens is 1. The quantitative estimate of drug-likeness (QED) is 0.611. The number of piperidine rings is 1. The van der Waals surface area contributed by atoms with E-state index in [1.165, 1.54) is 5.56 Å². The number of ether oxygens (including phenoxy) is 3. The molecule has 0 spiro atoms. The van der Waals surface area contributed by atoms with Crippen LogP contribution in [-0.2, 0) is 14.2 Å². The molecular formula is C20H30BrNO4. The highest BCUT2D eigenvalue weighted by Crippen LogP contribution is 2.34. The van der Waals surface area contributed by atoms with E-state index in [9.17, 15) is 4.79 Å². The fraction of sp³-hybridized carbons (Fsp3) is 0.650. The number of hydrogen-bond acceptors (Lipinski definition) is 4. The molecule has 26 heavy (non-hydrogen) atoms. The maximum absolute atomic E-state index is 12.3. The molecule has 1 aliphatic rings. The zero-order valence-electron chi connectivity index (χ0n) is 16.2. The Hall–Kier alpha value is -1.11. The minimum atomic E-state index is -0.461. The highest BCUT2D eigenvalue weighted by atomic mass is 79.9. The maximum atomic E-state index is 12.3. The van der Waals surface area contributed by atoms with Crippen molar-refractivity contribution in [2.75, 3.05) is 33.4 Å². The summed E-state index contributed by atoms with van der Waals surface area (Å²) in [5, 5.41) is 0. The van der Waals surface area contributed by atoms with Crippen LogP contribution in [0.3, 0.4) is 0 Å². The van der Waals surface area contributed by atoms with Crippen molar-refractivity contribution in [1.82, 2.24) is 4.90 Å². The summed E-state index contributed by atoms with van der Waals surface area (Å²) in [7, 11) is 1.68. The number of amides is 1. The summed E-state index contributed by atoms with van der Waals surface area (Å²) in [5.74, 6) is 0.367. The zero-order valence-corrected chi connectivity index (χ0v) is 17.8. The third-order valence-corrected chi connectivity index (χ3v) is 4.93. The molecule has 1 heterocycles. The van der Waals surface area contributed by atoms with Crippen molar-refractivity contribution in [3.05, 3.63) is 34.3 Å². The minimum Gasteiger partial charge on any atom is -0.444 e. The van der Waals surface area contributed by atoms with E-state index in [1.54, 1.807) is 12.0 Å². The Labute approximate surface area is 165 Å². The largest absolute Gasteiger partial charge is 0.444 e. The molecular weight excluding hydrogens is 398 g/mol. The summed E-state index contributed by atoms with van der Waals surface area (Å²) in [4.78, 5) is 14.1. The van der Waals surface area contributed by atoms with Crippen molar-refractivity contribution in [1.29, 1.82) is 0 Å². The van der Waals surface area contributed by atoms with Gasteiger partial charge in [-0.2, -0.15) is 0 Å². The Morgan fingerprint density at radius 3 is 2.35 bits per heavy atom. The van der Waals surface area contributed by atoms with Gasteiger partial charge in [-0.1, -0.05) is 28.1 Å². The van der Waals surface area contributed by atoms with Crippen LogP contribution in [0, 0.1) is 5.92 Å². The summed E-state index contributed by atoms with van der Waals surface area (Å²) < 4.78 is 17.8. The molecule has 0 bridgehead atoms. The predicted octanol–water partition coefficient (Wildman–Crippen LogP) is 4.80. The molecule has 0 saturated carbocycles. The van der Waals surface area contributed by atoms with Crippen LogP contribution in [0.1, 0.15) is 45.3 Å². The second kappa shape index (κ2) is 9.72. The number of likely N-dealkylation sites (tertiary alicyclic amines) is 1. The second-order valence-electron chi connectivity index (χ2n) is 7.64. The fourth-order valence-electron chi connectivity index (χ4n) is 3.13. The number of nitrogens with zero attached hydrogens (tertiary/aromatic N) is 1. The minimum absolute atomic E-state index is 0.0130. The van der Waals surface area contributed by atoms with E-state index in [1.807, 2.05) is 32.9 Å². The number of carbonyl (C=O) groups is 1. The van der Waals surface area contributed by atoms with Crippen molar-refractivity contribution in [2.45, 2.75) is 45.3 Å². The Kier molecular flexibility index (Phi) is 7.92. The van der Waals surface area contributed by atoms with Crippen LogP contribution in [-0.4, -0.2) is 50.0 Å². The Morgan fingerprint density at radius 1 is 1.19 bits per heavy atom. The number of carbonyl (C=O) groups excluding carboxylic acids is 1. The van der Waals surface area contributed by atoms with Gasteiger partial charge in [-0.15, -0.1) is 0 Å². The van der Waals surface area contributed by atoms with Gasteiger partial charge in [-0.3, -0.25) is 0 Å². The van der Waals surface area contributed by atoms with Crippen LogP contribution in [0.5, 0.6) is 0 Å². The number of benzene rings is 1. The molecule has 1 aromatic carbocycles. The average molecular weight is 428 g/mol. The molecule has 0 N–H and O–H groups in total. The molecule has 5 nitrogen and oxygen atoms in total. The second-order valence-corrected chi connectivity index (χ2v) is 8.56. The van der Waals surface area contributed by atoms with E-state index in [0.717, 1.165) is 17.3 Å². The number of methoxy groups -OCH3 is 1. The molecule has 1 saturated heterocycles. The lowest BCUT2D eigenvalue weighted by Gasteiger charge is -2.36. The monoisotopic (exact) mass is 427 g/mol. The topological polar surface area (TPSA) is 48.0 Å². The fourth-order valence-corrected chi connectivity index (χ4v) is 3.39. The highest BCUT2D eigenvalue weighted by molar-refractivity contribution is 9.10. The smallest absolute Gasteiger partial charge is 0.410 e. The van der Waals surface area contributed by atoms with E-state index >= 15 is 0 Å². The standard InChI is InChI=1S/C20H30BrNO4/c1-20(2,3)26-19(23)22-11-9-16(10-12-22)18(25-14-13-24-4)15-5-7-17(21)8-6-15/h5-8,16,18H,9-14H2,1-4H3. The first-order valence-electron chi connectivity index (χ1n) is 9.14. The van der Waals surface area contributed by atoms with Gasteiger partial charge in [0.2, 0.25) is 0 Å². The average Bonchev–Trinajstić information content (AvgIpc) is 2.59. The molecule has 146 valence electrons. The van der Waals surface area contributed by atoms with E-state index in [0.29, 0.717) is 32.2 Å². The molecule has 0 aromatic heterocycles. The molecule has 6 heteroatoms. The van der Waals surface area contributed by atoms with Crippen LogP contribution in [0.15, 0.2) is 28.7 Å². The van der Waals surface area contributed by atoms with Gasteiger partial charge in [0.25, 0.3) is 0 Å². The molecule has 1 unspecified atom stereocenters. The Bertz CT molecular complexity index is 562. The molecule has 0 aliphatic carbocycles. The number of rotatable bonds is 6. The Balaban J connectivity index is 1.99. The normalized spacial score (nSPS) is 17.2. The molecule has 1 aromatic rings. The summed E-state index contributed by atoms with van der Waals surface area (Å²) in [5.41, 5.74) is 0.706. The van der Waals surface area contributed by atoms with Crippen LogP contribution in [0.25, 0.3) is 0 Å². The van der Waals surface area contributed by atoms with Gasteiger partial charge in [0.15, 0.2) is 0 Å². The van der Waals surface area contributed by atoms with Crippen LogP contribution < -0.4 is 0 Å². The first-order chi connectivity index (χ1) is 12.3. The van der Waals surface area contributed by atoms with Crippen molar-refractivity contribution < 1.29 is 19.0 Å². The van der Waals surface area contributed by atoms with Gasteiger partial charge in [0.1, 0.15) is 5.60 Å². The zero-order chi connectivity index (χ0) is 19.2. The molecule has 0 radical (unpaired) electrons. The first-order valence-corrected chi connectivity index (χ1v) is 9.93. The summed E-state index contributed by atoms with van der Waals surface area (Å²) in [6, 6.07) is 8.28. The number of hydrogen-bond donors (Lipinski definition) is 0. The third kappa shape index (κ3) is 6.56. The van der Waals surface area contributed by atoms with Gasteiger partial charge in [0.05, 0.1) is 19.3 Å². The van der Waals surface area contributed by atoms with E-state index in [-0.39, 0.29) is 12.2 Å². The first kappa shape index (κ1) is 21.2. The lowest BCUT2D eigenvalue weighted by Crippen LogP contribution is -2.42. The molecule has 1 fully saturated rings.